The van der Waals surface area contributed by atoms with E-state index in [4.69, 9.17) is 16.3 Å². The van der Waals surface area contributed by atoms with Crippen molar-refractivity contribution >= 4 is 38.6 Å². The molecule has 0 saturated carbocycles. The van der Waals surface area contributed by atoms with Crippen LogP contribution in [-0.4, -0.2) is 22.3 Å². The topological polar surface area (TPSA) is 27.1 Å². The van der Waals surface area contributed by atoms with Gasteiger partial charge in [0.05, 0.1) is 34.0 Å². The van der Waals surface area contributed by atoms with Crippen molar-refractivity contribution in [3.63, 3.8) is 0 Å². The third-order valence-corrected chi connectivity index (χ3v) is 3.73. The third-order valence-electron chi connectivity index (χ3n) is 2.88. The van der Waals surface area contributed by atoms with E-state index in [1.54, 1.807) is 6.07 Å². The van der Waals surface area contributed by atoms with Crippen molar-refractivity contribution in [2.75, 3.05) is 6.61 Å². The highest BCUT2D eigenvalue weighted by molar-refractivity contribution is 9.10. The van der Waals surface area contributed by atoms with Gasteiger partial charge in [0.15, 0.2) is 0 Å². The SMILES string of the molecule is CCOC(C)Cn1c(CCl)nc2cc(F)c(Br)cc21. The summed E-state index contributed by atoms with van der Waals surface area (Å²) in [5.41, 5.74) is 1.47. The van der Waals surface area contributed by atoms with Crippen LogP contribution in [0.5, 0.6) is 0 Å². The average Bonchev–Trinajstić information content (AvgIpc) is 2.68. The molecule has 0 spiro atoms. The molecule has 0 N–H and O–H groups in total. The molecule has 0 aliphatic carbocycles. The molecule has 19 heavy (non-hydrogen) atoms. The molecular formula is C13H15BrClFN2O. The smallest absolute Gasteiger partial charge is 0.139 e. The van der Waals surface area contributed by atoms with Gasteiger partial charge in [0.25, 0.3) is 0 Å². The Morgan fingerprint density at radius 1 is 1.53 bits per heavy atom. The van der Waals surface area contributed by atoms with Crippen LogP contribution in [0.15, 0.2) is 16.6 Å². The fourth-order valence-electron chi connectivity index (χ4n) is 2.07. The number of rotatable bonds is 5. The van der Waals surface area contributed by atoms with Gasteiger partial charge in [-0.25, -0.2) is 9.37 Å². The minimum atomic E-state index is -0.323. The van der Waals surface area contributed by atoms with Gasteiger partial charge in [0.1, 0.15) is 11.6 Å². The number of imidazole rings is 1. The summed E-state index contributed by atoms with van der Waals surface area (Å²) in [5, 5.41) is 0. The second kappa shape index (κ2) is 6.20. The van der Waals surface area contributed by atoms with Gasteiger partial charge in [0, 0.05) is 12.7 Å². The summed E-state index contributed by atoms with van der Waals surface area (Å²) in [4.78, 5) is 4.36. The average molecular weight is 350 g/mol. The van der Waals surface area contributed by atoms with Crippen molar-refractivity contribution in [1.82, 2.24) is 9.55 Å². The molecule has 3 nitrogen and oxygen atoms in total. The second-order valence-electron chi connectivity index (χ2n) is 4.29. The molecule has 2 rings (SSSR count). The minimum Gasteiger partial charge on any atom is -0.377 e. The van der Waals surface area contributed by atoms with Crippen LogP contribution in [0.1, 0.15) is 19.7 Å². The van der Waals surface area contributed by atoms with Gasteiger partial charge in [0.2, 0.25) is 0 Å². The number of hydrogen-bond acceptors (Lipinski definition) is 2. The van der Waals surface area contributed by atoms with Crippen LogP contribution in [-0.2, 0) is 17.2 Å². The maximum absolute atomic E-state index is 13.5. The Morgan fingerprint density at radius 3 is 2.89 bits per heavy atom. The number of alkyl halides is 1. The Labute approximate surface area is 124 Å². The molecule has 0 aliphatic heterocycles. The van der Waals surface area contributed by atoms with Crippen molar-refractivity contribution in [2.24, 2.45) is 0 Å². The van der Waals surface area contributed by atoms with Crippen LogP contribution in [0.3, 0.4) is 0 Å². The summed E-state index contributed by atoms with van der Waals surface area (Å²) in [6.07, 6.45) is 0.0493. The largest absolute Gasteiger partial charge is 0.377 e. The molecule has 1 unspecified atom stereocenters. The second-order valence-corrected chi connectivity index (χ2v) is 5.41. The molecule has 0 bridgehead atoms. The van der Waals surface area contributed by atoms with Crippen LogP contribution < -0.4 is 0 Å². The molecule has 0 aliphatic rings. The highest BCUT2D eigenvalue weighted by Gasteiger charge is 2.15. The number of nitrogens with zero attached hydrogens (tertiary/aromatic N) is 2. The van der Waals surface area contributed by atoms with Crippen LogP contribution in [0.25, 0.3) is 11.0 Å². The van der Waals surface area contributed by atoms with Crippen LogP contribution in [0, 0.1) is 5.82 Å². The van der Waals surface area contributed by atoms with Crippen molar-refractivity contribution in [3.05, 3.63) is 28.2 Å². The molecule has 1 aromatic heterocycles. The zero-order valence-electron chi connectivity index (χ0n) is 10.8. The normalized spacial score (nSPS) is 13.1. The molecule has 0 fully saturated rings. The van der Waals surface area contributed by atoms with E-state index in [0.717, 1.165) is 11.3 Å². The van der Waals surface area contributed by atoms with E-state index in [2.05, 4.69) is 20.9 Å². The van der Waals surface area contributed by atoms with Crippen molar-refractivity contribution < 1.29 is 9.13 Å². The van der Waals surface area contributed by atoms with Crippen LogP contribution in [0.2, 0.25) is 0 Å². The summed E-state index contributed by atoms with van der Waals surface area (Å²) in [5.74, 6) is 0.684. The summed E-state index contributed by atoms with van der Waals surface area (Å²) in [6.45, 7) is 5.25. The van der Waals surface area contributed by atoms with Crippen molar-refractivity contribution in [3.8, 4) is 0 Å². The first-order valence-electron chi connectivity index (χ1n) is 6.08. The van der Waals surface area contributed by atoms with Crippen molar-refractivity contribution in [2.45, 2.75) is 32.4 Å². The minimum absolute atomic E-state index is 0.0493. The quantitative estimate of drug-likeness (QED) is 0.760. The zero-order chi connectivity index (χ0) is 14.0. The molecule has 0 saturated heterocycles. The number of benzene rings is 1. The number of ether oxygens (including phenoxy) is 1. The molecule has 1 heterocycles. The van der Waals surface area contributed by atoms with Crippen LogP contribution >= 0.6 is 27.5 Å². The van der Waals surface area contributed by atoms with E-state index < -0.39 is 0 Å². The molecule has 104 valence electrons. The number of aromatic nitrogens is 2. The lowest BCUT2D eigenvalue weighted by molar-refractivity contribution is 0.0643. The van der Waals surface area contributed by atoms with Gasteiger partial charge >= 0.3 is 0 Å². The maximum Gasteiger partial charge on any atom is 0.139 e. The number of hydrogen-bond donors (Lipinski definition) is 0. The molecule has 0 radical (unpaired) electrons. The molecule has 1 atom stereocenters. The van der Waals surface area contributed by atoms with Gasteiger partial charge < -0.3 is 9.30 Å². The molecule has 6 heteroatoms. The highest BCUT2D eigenvalue weighted by atomic mass is 79.9. The first-order valence-corrected chi connectivity index (χ1v) is 7.41. The van der Waals surface area contributed by atoms with E-state index >= 15 is 0 Å². The van der Waals surface area contributed by atoms with E-state index in [0.29, 0.717) is 23.1 Å². The first kappa shape index (κ1) is 14.8. The van der Waals surface area contributed by atoms with Crippen LogP contribution in [0.4, 0.5) is 4.39 Å². The van der Waals surface area contributed by atoms with Gasteiger partial charge in [-0.3, -0.25) is 0 Å². The fourth-order valence-corrected chi connectivity index (χ4v) is 2.61. The van der Waals surface area contributed by atoms with Crippen molar-refractivity contribution in [1.29, 1.82) is 0 Å². The lowest BCUT2D eigenvalue weighted by Gasteiger charge is -2.14. The number of fused-ring (bicyclic) bond motifs is 1. The fraction of sp³-hybridized carbons (Fsp3) is 0.462. The monoisotopic (exact) mass is 348 g/mol. The Balaban J connectivity index is 2.47. The lowest BCUT2D eigenvalue weighted by atomic mass is 10.3. The molecular weight excluding hydrogens is 335 g/mol. The molecule has 0 amide bonds. The first-order chi connectivity index (χ1) is 9.06. The number of halogens is 3. The summed E-state index contributed by atoms with van der Waals surface area (Å²) in [7, 11) is 0. The van der Waals surface area contributed by atoms with E-state index in [9.17, 15) is 4.39 Å². The van der Waals surface area contributed by atoms with E-state index in [-0.39, 0.29) is 17.8 Å². The van der Waals surface area contributed by atoms with Gasteiger partial charge in [-0.1, -0.05) is 0 Å². The highest BCUT2D eigenvalue weighted by Crippen LogP contribution is 2.25. The maximum atomic E-state index is 13.5. The van der Waals surface area contributed by atoms with Gasteiger partial charge in [-0.2, -0.15) is 0 Å². The summed E-state index contributed by atoms with van der Waals surface area (Å²) >= 11 is 9.11. The lowest BCUT2D eigenvalue weighted by Crippen LogP contribution is -2.17. The standard InChI is InChI=1S/C13H15BrClFN2O/c1-3-19-8(2)7-18-12-4-9(14)10(16)5-11(12)17-13(18)6-15/h4-5,8H,3,6-7H2,1-2H3. The Morgan fingerprint density at radius 2 is 2.26 bits per heavy atom. The Bertz CT molecular complexity index is 588. The van der Waals surface area contributed by atoms with Gasteiger partial charge in [-0.15, -0.1) is 11.6 Å². The van der Waals surface area contributed by atoms with E-state index in [1.807, 2.05) is 18.4 Å². The van der Waals surface area contributed by atoms with Gasteiger partial charge in [-0.05, 0) is 35.8 Å². The predicted molar refractivity (Wildman–Crippen MR) is 78.0 cm³/mol. The van der Waals surface area contributed by atoms with E-state index in [1.165, 1.54) is 6.07 Å². The summed E-state index contributed by atoms with van der Waals surface area (Å²) in [6, 6.07) is 3.14. The molecule has 1 aromatic carbocycles. The molecule has 2 aromatic rings. The Kier molecular flexibility index (Phi) is 4.81. The summed E-state index contributed by atoms with van der Waals surface area (Å²) < 4.78 is 21.5. The predicted octanol–water partition coefficient (Wildman–Crippen LogP) is 4.10. The third kappa shape index (κ3) is 3.09. The zero-order valence-corrected chi connectivity index (χ0v) is 13.1. The Hall–Kier alpha value is -0.650.